The van der Waals surface area contributed by atoms with E-state index in [0.29, 0.717) is 19.5 Å². The number of carbonyl (C=O) groups excluding carboxylic acids is 1. The zero-order chi connectivity index (χ0) is 12.3. The molecule has 2 rings (SSSR count). The van der Waals surface area contributed by atoms with E-state index in [2.05, 4.69) is 32.6 Å². The maximum Gasteiger partial charge on any atom is 0.237 e. The van der Waals surface area contributed by atoms with Crippen molar-refractivity contribution in [2.75, 3.05) is 13.1 Å². The van der Waals surface area contributed by atoms with Gasteiger partial charge in [-0.1, -0.05) is 0 Å². The molecule has 0 spiro atoms. The van der Waals surface area contributed by atoms with E-state index in [9.17, 15) is 9.90 Å². The molecule has 2 atom stereocenters. The first-order valence-corrected chi connectivity index (χ1v) is 7.19. The van der Waals surface area contributed by atoms with Crippen LogP contribution in [-0.4, -0.2) is 36.2 Å². The molecular weight excluding hydrogens is 304 g/mol. The Morgan fingerprint density at radius 1 is 1.65 bits per heavy atom. The van der Waals surface area contributed by atoms with Gasteiger partial charge in [-0.15, -0.1) is 11.3 Å². The Balaban J connectivity index is 1.70. The van der Waals surface area contributed by atoms with E-state index in [-0.39, 0.29) is 18.1 Å². The van der Waals surface area contributed by atoms with Crippen LogP contribution in [0.4, 0.5) is 0 Å². The summed E-state index contributed by atoms with van der Waals surface area (Å²) in [6.45, 7) is 1.15. The second-order valence-corrected chi connectivity index (χ2v) is 6.64. The van der Waals surface area contributed by atoms with Gasteiger partial charge >= 0.3 is 0 Å². The molecule has 4 nitrogen and oxygen atoms in total. The van der Waals surface area contributed by atoms with Crippen molar-refractivity contribution in [2.24, 2.45) is 0 Å². The molecule has 17 heavy (non-hydrogen) atoms. The van der Waals surface area contributed by atoms with Crippen molar-refractivity contribution in [1.82, 2.24) is 10.6 Å². The molecule has 1 fully saturated rings. The molecule has 2 heterocycles. The molecule has 3 N–H and O–H groups in total. The summed E-state index contributed by atoms with van der Waals surface area (Å²) in [4.78, 5) is 12.9. The number of thiophene rings is 1. The van der Waals surface area contributed by atoms with Gasteiger partial charge in [0.05, 0.1) is 15.9 Å². The minimum atomic E-state index is -0.390. The quantitative estimate of drug-likeness (QED) is 0.772. The summed E-state index contributed by atoms with van der Waals surface area (Å²) in [5.41, 5.74) is 0. The van der Waals surface area contributed by atoms with E-state index in [1.165, 1.54) is 4.88 Å². The van der Waals surface area contributed by atoms with E-state index in [4.69, 9.17) is 0 Å². The van der Waals surface area contributed by atoms with Gasteiger partial charge < -0.3 is 15.7 Å². The van der Waals surface area contributed by atoms with Gasteiger partial charge in [0, 0.05) is 18.0 Å². The molecule has 0 radical (unpaired) electrons. The second-order valence-electron chi connectivity index (χ2n) is 4.10. The summed E-state index contributed by atoms with van der Waals surface area (Å²) in [6, 6.07) is 3.83. The molecule has 0 unspecified atom stereocenters. The van der Waals surface area contributed by atoms with Crippen LogP contribution in [0.1, 0.15) is 11.3 Å². The number of nitrogens with one attached hydrogen (secondary N) is 2. The molecule has 0 bridgehead atoms. The third kappa shape index (κ3) is 3.77. The first kappa shape index (κ1) is 13.0. The lowest BCUT2D eigenvalue weighted by atomic mass is 10.2. The van der Waals surface area contributed by atoms with Gasteiger partial charge in [-0.3, -0.25) is 4.79 Å². The number of carbonyl (C=O) groups is 1. The van der Waals surface area contributed by atoms with Crippen molar-refractivity contribution in [3.05, 3.63) is 20.8 Å². The van der Waals surface area contributed by atoms with E-state index < -0.39 is 0 Å². The lowest BCUT2D eigenvalue weighted by molar-refractivity contribution is -0.122. The van der Waals surface area contributed by atoms with Crippen molar-refractivity contribution >= 4 is 33.2 Å². The number of β-amino-alcohol motifs (C(OH)–C–C–N with tert-alkyl or cyclic N) is 1. The summed E-state index contributed by atoms with van der Waals surface area (Å²) in [7, 11) is 0. The third-order valence-electron chi connectivity index (χ3n) is 2.72. The van der Waals surface area contributed by atoms with E-state index in [0.717, 1.165) is 10.2 Å². The highest BCUT2D eigenvalue weighted by atomic mass is 79.9. The summed E-state index contributed by atoms with van der Waals surface area (Å²) in [5, 5.41) is 15.2. The number of hydrogen-bond acceptors (Lipinski definition) is 4. The van der Waals surface area contributed by atoms with E-state index >= 15 is 0 Å². The van der Waals surface area contributed by atoms with Crippen LogP contribution in [0.25, 0.3) is 0 Å². The van der Waals surface area contributed by atoms with Crippen LogP contribution in [0.3, 0.4) is 0 Å². The molecule has 0 saturated carbocycles. The molecule has 6 heteroatoms. The molecule has 0 aromatic carbocycles. The van der Waals surface area contributed by atoms with Crippen LogP contribution in [0.5, 0.6) is 0 Å². The van der Waals surface area contributed by atoms with Gasteiger partial charge in [-0.25, -0.2) is 0 Å². The maximum absolute atomic E-state index is 11.7. The summed E-state index contributed by atoms with van der Waals surface area (Å²) < 4.78 is 1.11. The number of aliphatic hydroxyl groups is 1. The Kier molecular flexibility index (Phi) is 4.55. The van der Waals surface area contributed by atoms with Gasteiger partial charge in [0.15, 0.2) is 0 Å². The smallest absolute Gasteiger partial charge is 0.237 e. The van der Waals surface area contributed by atoms with Gasteiger partial charge in [0.25, 0.3) is 0 Å². The zero-order valence-electron chi connectivity index (χ0n) is 9.28. The molecule has 1 aromatic rings. The van der Waals surface area contributed by atoms with Crippen LogP contribution < -0.4 is 10.6 Å². The summed E-state index contributed by atoms with van der Waals surface area (Å²) >= 11 is 5.09. The highest BCUT2D eigenvalue weighted by molar-refractivity contribution is 9.11. The van der Waals surface area contributed by atoms with Crippen molar-refractivity contribution < 1.29 is 9.90 Å². The minimum Gasteiger partial charge on any atom is -0.392 e. The molecule has 0 aliphatic carbocycles. The van der Waals surface area contributed by atoms with Crippen LogP contribution >= 0.6 is 27.3 Å². The van der Waals surface area contributed by atoms with E-state index in [1.54, 1.807) is 11.3 Å². The third-order valence-corrected chi connectivity index (χ3v) is 4.41. The van der Waals surface area contributed by atoms with Crippen LogP contribution in [-0.2, 0) is 11.2 Å². The molecular formula is C11H15BrN2O2S. The molecule has 1 aromatic heterocycles. The predicted octanol–water partition coefficient (Wildman–Crippen LogP) is 0.892. The van der Waals surface area contributed by atoms with Crippen LogP contribution in [0, 0.1) is 0 Å². The monoisotopic (exact) mass is 318 g/mol. The first-order valence-electron chi connectivity index (χ1n) is 5.58. The number of hydrogen-bond donors (Lipinski definition) is 3. The molecule has 1 aliphatic heterocycles. The lowest BCUT2D eigenvalue weighted by Gasteiger charge is -2.10. The minimum absolute atomic E-state index is 0.0165. The van der Waals surface area contributed by atoms with Crippen LogP contribution in [0.2, 0.25) is 0 Å². The Morgan fingerprint density at radius 2 is 2.47 bits per heavy atom. The second kappa shape index (κ2) is 5.95. The maximum atomic E-state index is 11.7. The summed E-state index contributed by atoms with van der Waals surface area (Å²) in [5.74, 6) is -0.0165. The normalized spacial score (nSPS) is 23.9. The number of rotatable bonds is 4. The van der Waals surface area contributed by atoms with E-state index in [1.807, 2.05) is 6.07 Å². The zero-order valence-corrected chi connectivity index (χ0v) is 11.7. The Hall–Kier alpha value is -0.430. The Labute approximate surface area is 113 Å². The average molecular weight is 319 g/mol. The fourth-order valence-corrected chi connectivity index (χ4v) is 3.32. The fourth-order valence-electron chi connectivity index (χ4n) is 1.83. The number of aliphatic hydroxyl groups excluding tert-OH is 1. The topological polar surface area (TPSA) is 61.4 Å². The van der Waals surface area contributed by atoms with Crippen molar-refractivity contribution in [3.8, 4) is 0 Å². The van der Waals surface area contributed by atoms with Crippen molar-refractivity contribution in [2.45, 2.75) is 25.0 Å². The number of amides is 1. The van der Waals surface area contributed by atoms with Crippen LogP contribution in [0.15, 0.2) is 15.9 Å². The largest absolute Gasteiger partial charge is 0.392 e. The van der Waals surface area contributed by atoms with Gasteiger partial charge in [0.2, 0.25) is 5.91 Å². The highest BCUT2D eigenvalue weighted by Gasteiger charge is 2.27. The lowest BCUT2D eigenvalue weighted by Crippen LogP contribution is -2.41. The Bertz CT molecular complexity index is 397. The number of halogens is 1. The molecule has 1 amide bonds. The highest BCUT2D eigenvalue weighted by Crippen LogP contribution is 2.22. The van der Waals surface area contributed by atoms with Crippen molar-refractivity contribution in [1.29, 1.82) is 0 Å². The molecule has 1 saturated heterocycles. The molecule has 94 valence electrons. The van der Waals surface area contributed by atoms with Crippen molar-refractivity contribution in [3.63, 3.8) is 0 Å². The van der Waals surface area contributed by atoms with Gasteiger partial charge in [-0.05, 0) is 40.9 Å². The first-order chi connectivity index (χ1) is 8.15. The summed E-state index contributed by atoms with van der Waals surface area (Å²) in [6.07, 6.45) is 0.965. The average Bonchev–Trinajstić information content (AvgIpc) is 2.88. The van der Waals surface area contributed by atoms with Gasteiger partial charge in [0.1, 0.15) is 0 Å². The molecule has 1 aliphatic rings. The fraction of sp³-hybridized carbons (Fsp3) is 0.545. The standard InChI is InChI=1S/C11H15BrN2O2S/c12-10-2-1-8(17-10)3-4-13-11(16)9-5-7(15)6-14-9/h1-2,7,9,14-15H,3-6H2,(H,13,16)/t7-,9-/m1/s1. The predicted molar refractivity (Wildman–Crippen MR) is 71.1 cm³/mol. The van der Waals surface area contributed by atoms with Gasteiger partial charge in [-0.2, -0.15) is 0 Å². The Morgan fingerprint density at radius 3 is 3.06 bits per heavy atom. The SMILES string of the molecule is O=C(NCCc1ccc(Br)s1)[C@H]1C[C@@H](O)CN1.